The number of unbranched alkanes of at least 4 members (excludes halogenated alkanes) is 1. The molecule has 0 saturated carbocycles. The topological polar surface area (TPSA) is 40.5 Å². The summed E-state index contributed by atoms with van der Waals surface area (Å²) in [7, 11) is 2.09. The van der Waals surface area contributed by atoms with Gasteiger partial charge in [0.15, 0.2) is 5.96 Å². The van der Waals surface area contributed by atoms with Crippen LogP contribution in [0.3, 0.4) is 0 Å². The van der Waals surface area contributed by atoms with E-state index in [-0.39, 0.29) is 24.0 Å². The summed E-state index contributed by atoms with van der Waals surface area (Å²) in [5, 5.41) is 4.49. The van der Waals surface area contributed by atoms with Crippen LogP contribution in [0.25, 0.3) is 0 Å². The summed E-state index contributed by atoms with van der Waals surface area (Å²) in [5.41, 5.74) is 1.15. The van der Waals surface area contributed by atoms with E-state index in [0.717, 1.165) is 55.6 Å². The molecule has 0 aliphatic rings. The molecule has 1 aromatic rings. The lowest BCUT2D eigenvalue weighted by molar-refractivity contribution is 0.470. The van der Waals surface area contributed by atoms with Gasteiger partial charge in [-0.3, -0.25) is 4.99 Å². The fourth-order valence-electron chi connectivity index (χ4n) is 2.12. The van der Waals surface area contributed by atoms with Crippen molar-refractivity contribution in [3.63, 3.8) is 0 Å². The number of guanidine groups is 1. The third kappa shape index (κ3) is 7.58. The van der Waals surface area contributed by atoms with E-state index in [1.807, 2.05) is 6.08 Å². The predicted octanol–water partition coefficient (Wildman–Crippen LogP) is 3.78. The molecule has 0 atom stereocenters. The monoisotopic (exact) mass is 436 g/mol. The van der Waals surface area contributed by atoms with Gasteiger partial charge in [0.1, 0.15) is 0 Å². The number of rotatable bonds is 8. The Balaban J connectivity index is 0.00000441. The minimum absolute atomic E-state index is 0. The number of nitrogens with one attached hydrogen (secondary N) is 1. The van der Waals surface area contributed by atoms with Crippen LogP contribution in [0, 0.1) is 13.8 Å². The molecular weight excluding hydrogens is 407 g/mol. The zero-order valence-corrected chi connectivity index (χ0v) is 17.3. The van der Waals surface area contributed by atoms with Crippen LogP contribution in [0.15, 0.2) is 17.6 Å². The summed E-state index contributed by atoms with van der Waals surface area (Å²) in [6, 6.07) is 0. The van der Waals surface area contributed by atoms with Crippen LogP contribution in [0.2, 0.25) is 0 Å². The molecule has 0 bridgehead atoms. The minimum Gasteiger partial charge on any atom is -0.357 e. The molecule has 1 N–H and O–H groups in total. The van der Waals surface area contributed by atoms with Gasteiger partial charge >= 0.3 is 0 Å². The Bertz CT molecular complexity index is 471. The van der Waals surface area contributed by atoms with E-state index in [0.29, 0.717) is 0 Å². The first-order valence-corrected chi connectivity index (χ1v) is 8.43. The van der Waals surface area contributed by atoms with Crippen LogP contribution < -0.4 is 5.32 Å². The number of nitrogens with zero attached hydrogens (tertiary/aromatic N) is 3. The van der Waals surface area contributed by atoms with Gasteiger partial charge in [-0.1, -0.05) is 6.08 Å². The van der Waals surface area contributed by atoms with Gasteiger partial charge in [-0.2, -0.15) is 0 Å². The average molecular weight is 436 g/mol. The molecule has 126 valence electrons. The Morgan fingerprint density at radius 3 is 2.73 bits per heavy atom. The van der Waals surface area contributed by atoms with Gasteiger partial charge in [0, 0.05) is 38.0 Å². The summed E-state index contributed by atoms with van der Waals surface area (Å²) in [6.45, 7) is 12.7. The summed E-state index contributed by atoms with van der Waals surface area (Å²) < 4.78 is 0. The van der Waals surface area contributed by atoms with Crippen LogP contribution >= 0.6 is 35.3 Å². The number of hydrogen-bond donors (Lipinski definition) is 1. The van der Waals surface area contributed by atoms with Crippen molar-refractivity contribution in [3.05, 3.63) is 28.2 Å². The van der Waals surface area contributed by atoms with Crippen molar-refractivity contribution in [1.82, 2.24) is 15.2 Å². The molecule has 0 fully saturated rings. The van der Waals surface area contributed by atoms with Gasteiger partial charge in [0.2, 0.25) is 0 Å². The van der Waals surface area contributed by atoms with E-state index >= 15 is 0 Å². The molecule has 1 rings (SSSR count). The van der Waals surface area contributed by atoms with Crippen molar-refractivity contribution in [3.8, 4) is 0 Å². The minimum atomic E-state index is 0. The number of halogens is 1. The van der Waals surface area contributed by atoms with E-state index in [1.165, 1.54) is 4.88 Å². The Morgan fingerprint density at radius 2 is 2.18 bits per heavy atom. The Hall–Kier alpha value is -0.630. The van der Waals surface area contributed by atoms with Crippen molar-refractivity contribution in [1.29, 1.82) is 0 Å². The van der Waals surface area contributed by atoms with Crippen LogP contribution in [-0.4, -0.2) is 42.5 Å². The smallest absolute Gasteiger partial charge is 0.193 e. The molecule has 1 aromatic heterocycles. The van der Waals surface area contributed by atoms with Gasteiger partial charge in [0.05, 0.1) is 10.7 Å². The number of aliphatic imine (C=N–C) groups is 1. The number of aryl methyl sites for hydroxylation is 2. The SMILES string of the molecule is C=CCCCN(C)C(=NCCc1sc(C)nc1C)NCC.I. The first-order chi connectivity index (χ1) is 10.1. The highest BCUT2D eigenvalue weighted by Gasteiger charge is 2.06. The lowest BCUT2D eigenvalue weighted by Gasteiger charge is -2.21. The molecule has 0 aliphatic carbocycles. The number of hydrogen-bond acceptors (Lipinski definition) is 3. The lowest BCUT2D eigenvalue weighted by Crippen LogP contribution is -2.39. The molecular formula is C16H29IN4S. The molecule has 22 heavy (non-hydrogen) atoms. The van der Waals surface area contributed by atoms with Crippen molar-refractivity contribution < 1.29 is 0 Å². The van der Waals surface area contributed by atoms with E-state index in [4.69, 9.17) is 4.99 Å². The molecule has 0 aliphatic heterocycles. The number of aromatic nitrogens is 1. The molecule has 0 radical (unpaired) electrons. The van der Waals surface area contributed by atoms with Gasteiger partial charge in [-0.05, 0) is 33.6 Å². The standard InChI is InChI=1S/C16H28N4S.HI/c1-6-8-9-12-20(5)16(17-7-2)18-11-10-15-13(3)19-14(4)21-15;/h6H,1,7-12H2,2-5H3,(H,17,18);1H. The van der Waals surface area contributed by atoms with Crippen LogP contribution in [0.5, 0.6) is 0 Å². The molecule has 0 spiro atoms. The predicted molar refractivity (Wildman–Crippen MR) is 109 cm³/mol. The van der Waals surface area contributed by atoms with Gasteiger partial charge in [0.25, 0.3) is 0 Å². The molecule has 1 heterocycles. The first kappa shape index (κ1) is 21.4. The maximum atomic E-state index is 4.72. The highest BCUT2D eigenvalue weighted by molar-refractivity contribution is 14.0. The number of allylic oxidation sites excluding steroid dienone is 1. The third-order valence-electron chi connectivity index (χ3n) is 3.20. The number of thiazole rings is 1. The van der Waals surface area contributed by atoms with E-state index in [9.17, 15) is 0 Å². The fourth-order valence-corrected chi connectivity index (χ4v) is 3.04. The second-order valence-corrected chi connectivity index (χ2v) is 6.37. The summed E-state index contributed by atoms with van der Waals surface area (Å²) in [5.74, 6) is 0.987. The highest BCUT2D eigenvalue weighted by Crippen LogP contribution is 2.17. The largest absolute Gasteiger partial charge is 0.357 e. The van der Waals surface area contributed by atoms with Gasteiger partial charge in [-0.25, -0.2) is 4.98 Å². The molecule has 0 amide bonds. The Kier molecular flexibility index (Phi) is 11.5. The maximum Gasteiger partial charge on any atom is 0.193 e. The Morgan fingerprint density at radius 1 is 1.45 bits per heavy atom. The van der Waals surface area contributed by atoms with Crippen molar-refractivity contribution in [2.45, 2.75) is 40.0 Å². The fraction of sp³-hybridized carbons (Fsp3) is 0.625. The molecule has 4 nitrogen and oxygen atoms in total. The van der Waals surface area contributed by atoms with Gasteiger partial charge < -0.3 is 10.2 Å². The summed E-state index contributed by atoms with van der Waals surface area (Å²) in [6.07, 6.45) is 5.08. The second-order valence-electron chi connectivity index (χ2n) is 5.08. The molecule has 0 saturated heterocycles. The van der Waals surface area contributed by atoms with Crippen molar-refractivity contribution in [2.24, 2.45) is 4.99 Å². The quantitative estimate of drug-likeness (QED) is 0.222. The van der Waals surface area contributed by atoms with E-state index in [2.05, 4.69) is 49.6 Å². The van der Waals surface area contributed by atoms with Crippen LogP contribution in [0.4, 0.5) is 0 Å². The van der Waals surface area contributed by atoms with E-state index < -0.39 is 0 Å². The average Bonchev–Trinajstić information content (AvgIpc) is 2.76. The molecule has 0 aromatic carbocycles. The zero-order chi connectivity index (χ0) is 15.7. The molecule has 6 heteroatoms. The van der Waals surface area contributed by atoms with Crippen LogP contribution in [0.1, 0.15) is 35.3 Å². The van der Waals surface area contributed by atoms with Crippen molar-refractivity contribution in [2.75, 3.05) is 26.7 Å². The molecule has 0 unspecified atom stereocenters. The highest BCUT2D eigenvalue weighted by atomic mass is 127. The summed E-state index contributed by atoms with van der Waals surface area (Å²) in [4.78, 5) is 12.7. The zero-order valence-electron chi connectivity index (χ0n) is 14.2. The second kappa shape index (κ2) is 11.9. The van der Waals surface area contributed by atoms with Crippen molar-refractivity contribution >= 4 is 41.3 Å². The van der Waals surface area contributed by atoms with E-state index in [1.54, 1.807) is 11.3 Å². The normalized spacial score (nSPS) is 11.0. The summed E-state index contributed by atoms with van der Waals surface area (Å²) >= 11 is 1.78. The first-order valence-electron chi connectivity index (χ1n) is 7.61. The third-order valence-corrected chi connectivity index (χ3v) is 4.33. The lowest BCUT2D eigenvalue weighted by atomic mass is 10.3. The van der Waals surface area contributed by atoms with Crippen LogP contribution in [-0.2, 0) is 6.42 Å². The Labute approximate surface area is 156 Å². The maximum absolute atomic E-state index is 4.72. The van der Waals surface area contributed by atoms with Gasteiger partial charge in [-0.15, -0.1) is 41.9 Å².